The molecule has 0 atom stereocenters. The average Bonchev–Trinajstić information content (AvgIpc) is 2.65. The van der Waals surface area contributed by atoms with Crippen molar-refractivity contribution in [2.75, 3.05) is 6.54 Å². The third-order valence-corrected chi connectivity index (χ3v) is 2.96. The zero-order valence-corrected chi connectivity index (χ0v) is 9.29. The summed E-state index contributed by atoms with van der Waals surface area (Å²) in [6, 6.07) is 0. The lowest BCUT2D eigenvalue weighted by Crippen LogP contribution is -2.19. The summed E-state index contributed by atoms with van der Waals surface area (Å²) in [7, 11) is 0. The minimum Gasteiger partial charge on any atom is -0.390 e. The van der Waals surface area contributed by atoms with Gasteiger partial charge in [0.1, 0.15) is 5.82 Å². The predicted octanol–water partition coefficient (Wildman–Crippen LogP) is 0.821. The standard InChI is InChI=1S/C11H19N3O/c1-2-12-7-11-13-9(8-15)10-5-3-4-6-14(10)11/h12,15H,2-8H2,1H3. The molecule has 0 saturated heterocycles. The molecule has 2 rings (SSSR count). The summed E-state index contributed by atoms with van der Waals surface area (Å²) in [5.41, 5.74) is 2.12. The van der Waals surface area contributed by atoms with Gasteiger partial charge in [-0.1, -0.05) is 6.92 Å². The highest BCUT2D eigenvalue weighted by molar-refractivity contribution is 5.18. The molecule has 0 radical (unpaired) electrons. The smallest absolute Gasteiger partial charge is 0.123 e. The molecule has 2 heterocycles. The Balaban J connectivity index is 2.25. The van der Waals surface area contributed by atoms with Crippen LogP contribution in [0.15, 0.2) is 0 Å². The Morgan fingerprint density at radius 1 is 1.47 bits per heavy atom. The zero-order valence-electron chi connectivity index (χ0n) is 9.29. The van der Waals surface area contributed by atoms with Gasteiger partial charge in [0.05, 0.1) is 18.8 Å². The van der Waals surface area contributed by atoms with Crippen LogP contribution in [0.1, 0.15) is 37.0 Å². The lowest BCUT2D eigenvalue weighted by Gasteiger charge is -2.17. The summed E-state index contributed by atoms with van der Waals surface area (Å²) in [4.78, 5) is 4.50. The van der Waals surface area contributed by atoms with Crippen LogP contribution in [0.25, 0.3) is 0 Å². The number of hydrogen-bond acceptors (Lipinski definition) is 3. The summed E-state index contributed by atoms with van der Waals surface area (Å²) >= 11 is 0. The highest BCUT2D eigenvalue weighted by Gasteiger charge is 2.18. The number of rotatable bonds is 4. The number of fused-ring (bicyclic) bond motifs is 1. The van der Waals surface area contributed by atoms with Crippen molar-refractivity contribution >= 4 is 0 Å². The van der Waals surface area contributed by atoms with Crippen molar-refractivity contribution in [3.8, 4) is 0 Å². The number of aliphatic hydroxyl groups is 1. The molecule has 2 N–H and O–H groups in total. The lowest BCUT2D eigenvalue weighted by atomic mass is 10.1. The third kappa shape index (κ3) is 2.06. The Bertz CT molecular complexity index is 333. The molecule has 0 aromatic carbocycles. The van der Waals surface area contributed by atoms with Gasteiger partial charge in [-0.05, 0) is 25.8 Å². The first-order chi connectivity index (χ1) is 7.36. The first-order valence-corrected chi connectivity index (χ1v) is 5.75. The SMILES string of the molecule is CCNCc1nc(CO)c2n1CCCC2. The van der Waals surface area contributed by atoms with Crippen molar-refractivity contribution in [2.45, 2.75) is 45.9 Å². The van der Waals surface area contributed by atoms with Crippen molar-refractivity contribution in [2.24, 2.45) is 0 Å². The Labute approximate surface area is 90.3 Å². The molecule has 1 aromatic rings. The maximum atomic E-state index is 9.24. The van der Waals surface area contributed by atoms with E-state index >= 15 is 0 Å². The van der Waals surface area contributed by atoms with E-state index in [1.165, 1.54) is 18.5 Å². The molecule has 15 heavy (non-hydrogen) atoms. The van der Waals surface area contributed by atoms with Gasteiger partial charge >= 0.3 is 0 Å². The van der Waals surface area contributed by atoms with Crippen LogP contribution in [-0.4, -0.2) is 21.2 Å². The van der Waals surface area contributed by atoms with E-state index in [2.05, 4.69) is 21.8 Å². The largest absolute Gasteiger partial charge is 0.390 e. The normalized spacial score (nSPS) is 15.3. The lowest BCUT2D eigenvalue weighted by molar-refractivity contribution is 0.275. The fourth-order valence-corrected chi connectivity index (χ4v) is 2.20. The number of nitrogens with zero attached hydrogens (tertiary/aromatic N) is 2. The van der Waals surface area contributed by atoms with Crippen LogP contribution in [-0.2, 0) is 26.1 Å². The third-order valence-electron chi connectivity index (χ3n) is 2.96. The molecule has 4 nitrogen and oxygen atoms in total. The molecular formula is C11H19N3O. The molecule has 0 amide bonds. The van der Waals surface area contributed by atoms with Gasteiger partial charge in [0.25, 0.3) is 0 Å². The van der Waals surface area contributed by atoms with Gasteiger partial charge in [0.2, 0.25) is 0 Å². The van der Waals surface area contributed by atoms with Crippen LogP contribution in [0.4, 0.5) is 0 Å². The Morgan fingerprint density at radius 2 is 2.33 bits per heavy atom. The summed E-state index contributed by atoms with van der Waals surface area (Å²) < 4.78 is 2.28. The van der Waals surface area contributed by atoms with Crippen molar-refractivity contribution in [1.29, 1.82) is 0 Å². The molecular weight excluding hydrogens is 190 g/mol. The van der Waals surface area contributed by atoms with Crippen LogP contribution in [0.3, 0.4) is 0 Å². The molecule has 1 aromatic heterocycles. The van der Waals surface area contributed by atoms with Gasteiger partial charge in [0.15, 0.2) is 0 Å². The number of aromatic nitrogens is 2. The van der Waals surface area contributed by atoms with Crippen molar-refractivity contribution in [3.05, 3.63) is 17.2 Å². The first-order valence-electron chi connectivity index (χ1n) is 5.75. The van der Waals surface area contributed by atoms with E-state index in [0.717, 1.165) is 37.6 Å². The second-order valence-electron chi connectivity index (χ2n) is 3.97. The first kappa shape index (κ1) is 10.6. The molecule has 4 heteroatoms. The van der Waals surface area contributed by atoms with Gasteiger partial charge in [-0.2, -0.15) is 0 Å². The van der Waals surface area contributed by atoms with Crippen LogP contribution in [0, 0.1) is 0 Å². The van der Waals surface area contributed by atoms with Gasteiger partial charge in [-0.3, -0.25) is 0 Å². The van der Waals surface area contributed by atoms with Gasteiger partial charge in [-0.25, -0.2) is 4.98 Å². The van der Waals surface area contributed by atoms with Crippen molar-refractivity contribution < 1.29 is 5.11 Å². The Morgan fingerprint density at radius 3 is 3.07 bits per heavy atom. The molecule has 1 aliphatic heterocycles. The Kier molecular flexibility index (Phi) is 3.38. The highest BCUT2D eigenvalue weighted by atomic mass is 16.3. The fourth-order valence-electron chi connectivity index (χ4n) is 2.20. The van der Waals surface area contributed by atoms with Gasteiger partial charge < -0.3 is 15.0 Å². The quantitative estimate of drug-likeness (QED) is 0.772. The van der Waals surface area contributed by atoms with Crippen LogP contribution < -0.4 is 5.32 Å². The van der Waals surface area contributed by atoms with E-state index in [1.54, 1.807) is 0 Å². The van der Waals surface area contributed by atoms with E-state index in [1.807, 2.05) is 0 Å². The summed E-state index contributed by atoms with van der Waals surface area (Å²) in [5, 5.41) is 12.5. The van der Waals surface area contributed by atoms with Crippen LogP contribution >= 0.6 is 0 Å². The molecule has 84 valence electrons. The highest BCUT2D eigenvalue weighted by Crippen LogP contribution is 2.20. The number of imidazole rings is 1. The fraction of sp³-hybridized carbons (Fsp3) is 0.727. The maximum Gasteiger partial charge on any atom is 0.123 e. The number of nitrogens with one attached hydrogen (secondary N) is 1. The second kappa shape index (κ2) is 4.77. The van der Waals surface area contributed by atoms with E-state index in [0.29, 0.717) is 0 Å². The minimum absolute atomic E-state index is 0.0709. The van der Waals surface area contributed by atoms with E-state index in [-0.39, 0.29) is 6.61 Å². The molecule has 0 bridgehead atoms. The number of aliphatic hydroxyl groups excluding tert-OH is 1. The van der Waals surface area contributed by atoms with Gasteiger partial charge in [0, 0.05) is 12.2 Å². The monoisotopic (exact) mass is 209 g/mol. The Hall–Kier alpha value is -0.870. The van der Waals surface area contributed by atoms with E-state index < -0.39 is 0 Å². The topological polar surface area (TPSA) is 50.1 Å². The van der Waals surface area contributed by atoms with Gasteiger partial charge in [-0.15, -0.1) is 0 Å². The van der Waals surface area contributed by atoms with Crippen molar-refractivity contribution in [1.82, 2.24) is 14.9 Å². The van der Waals surface area contributed by atoms with Crippen LogP contribution in [0.2, 0.25) is 0 Å². The minimum atomic E-state index is 0.0709. The average molecular weight is 209 g/mol. The summed E-state index contributed by atoms with van der Waals surface area (Å²) in [6.45, 7) is 4.98. The summed E-state index contributed by atoms with van der Waals surface area (Å²) in [6.07, 6.45) is 3.52. The molecule has 0 fully saturated rings. The van der Waals surface area contributed by atoms with Crippen LogP contribution in [0.5, 0.6) is 0 Å². The molecule has 1 aliphatic rings. The molecule has 0 aliphatic carbocycles. The molecule has 0 saturated carbocycles. The predicted molar refractivity (Wildman–Crippen MR) is 58.5 cm³/mol. The number of hydrogen-bond donors (Lipinski definition) is 2. The zero-order chi connectivity index (χ0) is 10.7. The van der Waals surface area contributed by atoms with E-state index in [4.69, 9.17) is 0 Å². The van der Waals surface area contributed by atoms with Crippen molar-refractivity contribution in [3.63, 3.8) is 0 Å². The second-order valence-corrected chi connectivity index (χ2v) is 3.97. The maximum absolute atomic E-state index is 9.24. The molecule has 0 spiro atoms. The molecule has 0 unspecified atom stereocenters. The van der Waals surface area contributed by atoms with E-state index in [9.17, 15) is 5.11 Å². The summed E-state index contributed by atoms with van der Waals surface area (Å²) in [5.74, 6) is 1.08.